The molecule has 0 aliphatic carbocycles. The number of anilines is 1. The number of aromatic nitrogens is 1. The van der Waals surface area contributed by atoms with Gasteiger partial charge >= 0.3 is 0 Å². The molecular weight excluding hydrogens is 246 g/mol. The molecule has 3 heterocycles. The summed E-state index contributed by atoms with van der Waals surface area (Å²) >= 11 is 1.51. The number of hydrogen-bond donors (Lipinski definition) is 1. The lowest BCUT2D eigenvalue weighted by atomic mass is 10.2. The normalized spacial score (nSPS) is 23.4. The van der Waals surface area contributed by atoms with Gasteiger partial charge in [0.05, 0.1) is 11.4 Å². The second-order valence-corrected chi connectivity index (χ2v) is 7.11. The topological polar surface area (TPSA) is 62.3 Å². The third-order valence-corrected chi connectivity index (χ3v) is 5.97. The molecule has 0 spiro atoms. The quantitative estimate of drug-likeness (QED) is 0.789. The van der Waals surface area contributed by atoms with Gasteiger partial charge in [0.1, 0.15) is 0 Å². The third-order valence-electron chi connectivity index (χ3n) is 2.90. The van der Waals surface area contributed by atoms with Crippen molar-refractivity contribution >= 4 is 26.5 Å². The van der Waals surface area contributed by atoms with Gasteiger partial charge in [0.2, 0.25) is 10.0 Å². The molecule has 0 radical (unpaired) electrons. The number of thiazole rings is 1. The summed E-state index contributed by atoms with van der Waals surface area (Å²) in [5.74, 6) is 0.259. The molecule has 5 nitrogen and oxygen atoms in total. The summed E-state index contributed by atoms with van der Waals surface area (Å²) in [5.41, 5.74) is 1.07. The average molecular weight is 259 g/mol. The summed E-state index contributed by atoms with van der Waals surface area (Å²) < 4.78 is 25.0. The summed E-state index contributed by atoms with van der Waals surface area (Å²) in [6, 6.07) is 0. The molecule has 16 heavy (non-hydrogen) atoms. The van der Waals surface area contributed by atoms with Crippen LogP contribution in [-0.4, -0.2) is 32.2 Å². The Balaban J connectivity index is 1.98. The fraction of sp³-hybridized carbons (Fsp3) is 0.667. The summed E-state index contributed by atoms with van der Waals surface area (Å²) in [5, 5.41) is 3.93. The molecule has 1 aromatic rings. The lowest BCUT2D eigenvalue weighted by Gasteiger charge is -2.11. The number of nitrogens with zero attached hydrogens (tertiary/aromatic N) is 2. The van der Waals surface area contributed by atoms with Crippen LogP contribution in [0, 0.1) is 0 Å². The summed E-state index contributed by atoms with van der Waals surface area (Å²) in [4.78, 5) is 5.64. The minimum Gasteiger partial charge on any atom is -0.311 e. The molecule has 1 N–H and O–H groups in total. The number of fused-ring (bicyclic) bond motifs is 1. The molecule has 0 amide bonds. The van der Waals surface area contributed by atoms with Gasteiger partial charge in [-0.25, -0.2) is 17.7 Å². The van der Waals surface area contributed by atoms with Crippen molar-refractivity contribution in [2.24, 2.45) is 0 Å². The van der Waals surface area contributed by atoms with Crippen LogP contribution in [0.1, 0.15) is 17.0 Å². The first-order chi connectivity index (χ1) is 7.67. The lowest BCUT2D eigenvalue weighted by molar-refractivity contribution is 0.599. The van der Waals surface area contributed by atoms with Crippen LogP contribution in [0.25, 0.3) is 0 Å². The van der Waals surface area contributed by atoms with Crippen molar-refractivity contribution in [2.45, 2.75) is 19.4 Å². The molecule has 2 aliphatic heterocycles. The van der Waals surface area contributed by atoms with Gasteiger partial charge in [0.15, 0.2) is 5.13 Å². The molecule has 1 saturated heterocycles. The van der Waals surface area contributed by atoms with Crippen molar-refractivity contribution in [3.63, 3.8) is 0 Å². The standard InChI is InChI=1S/C9H13N3O2S2/c13-16(14)5-1-4-12(16)9-11-7-2-3-10-6-8(7)15-9/h10H,1-6H2. The van der Waals surface area contributed by atoms with Crippen molar-refractivity contribution in [1.29, 1.82) is 0 Å². The van der Waals surface area contributed by atoms with E-state index in [2.05, 4.69) is 10.3 Å². The second kappa shape index (κ2) is 3.68. The first-order valence-corrected chi connectivity index (χ1v) is 7.79. The highest BCUT2D eigenvalue weighted by Crippen LogP contribution is 2.32. The van der Waals surface area contributed by atoms with E-state index >= 15 is 0 Å². The van der Waals surface area contributed by atoms with E-state index in [9.17, 15) is 8.42 Å². The fourth-order valence-electron chi connectivity index (χ4n) is 2.07. The summed E-state index contributed by atoms with van der Waals surface area (Å²) in [7, 11) is -3.08. The molecular formula is C9H13N3O2S2. The lowest BCUT2D eigenvalue weighted by Crippen LogP contribution is -2.25. The SMILES string of the molecule is O=S1(=O)CCCN1c1nc2c(s1)CNCC2. The van der Waals surface area contributed by atoms with Gasteiger partial charge in [-0.2, -0.15) is 0 Å². The molecule has 0 aromatic carbocycles. The van der Waals surface area contributed by atoms with E-state index in [1.54, 1.807) is 0 Å². The van der Waals surface area contributed by atoms with Crippen LogP contribution >= 0.6 is 11.3 Å². The highest BCUT2D eigenvalue weighted by Gasteiger charge is 2.31. The van der Waals surface area contributed by atoms with Crippen molar-refractivity contribution in [1.82, 2.24) is 10.3 Å². The van der Waals surface area contributed by atoms with Crippen LogP contribution in [0.15, 0.2) is 0 Å². The zero-order chi connectivity index (χ0) is 11.2. The number of rotatable bonds is 1. The van der Waals surface area contributed by atoms with Crippen LogP contribution in [0.2, 0.25) is 0 Å². The van der Waals surface area contributed by atoms with Gasteiger partial charge in [0.25, 0.3) is 0 Å². The van der Waals surface area contributed by atoms with Gasteiger partial charge in [0, 0.05) is 30.9 Å². The average Bonchev–Trinajstić information content (AvgIpc) is 2.79. The van der Waals surface area contributed by atoms with Crippen molar-refractivity contribution in [3.05, 3.63) is 10.6 Å². The first-order valence-electron chi connectivity index (χ1n) is 5.36. The molecule has 0 unspecified atom stereocenters. The molecule has 1 aromatic heterocycles. The number of nitrogens with one attached hydrogen (secondary N) is 1. The van der Waals surface area contributed by atoms with Crippen molar-refractivity contribution < 1.29 is 8.42 Å². The fourth-order valence-corrected chi connectivity index (χ4v) is 4.93. The van der Waals surface area contributed by atoms with Gasteiger partial charge in [-0.05, 0) is 6.42 Å². The van der Waals surface area contributed by atoms with Crippen LogP contribution in [0.4, 0.5) is 5.13 Å². The molecule has 7 heteroatoms. The third kappa shape index (κ3) is 1.63. The summed E-state index contributed by atoms with van der Waals surface area (Å²) in [6.07, 6.45) is 1.62. The zero-order valence-corrected chi connectivity index (χ0v) is 10.4. The minimum atomic E-state index is -3.08. The minimum absolute atomic E-state index is 0.259. The number of hydrogen-bond acceptors (Lipinski definition) is 5. The van der Waals surface area contributed by atoms with Crippen molar-refractivity contribution in [3.8, 4) is 0 Å². The van der Waals surface area contributed by atoms with Gasteiger partial charge in [-0.15, -0.1) is 0 Å². The van der Waals surface area contributed by atoms with E-state index in [1.807, 2.05) is 0 Å². The molecule has 3 rings (SSSR count). The Bertz CT molecular complexity index is 485. The molecule has 0 saturated carbocycles. The zero-order valence-electron chi connectivity index (χ0n) is 8.77. The molecule has 88 valence electrons. The van der Waals surface area contributed by atoms with E-state index in [0.29, 0.717) is 18.1 Å². The Labute approximate surface area is 98.5 Å². The van der Waals surface area contributed by atoms with Crippen molar-refractivity contribution in [2.75, 3.05) is 23.1 Å². The Morgan fingerprint density at radius 2 is 2.31 bits per heavy atom. The maximum Gasteiger partial charge on any atom is 0.236 e. The van der Waals surface area contributed by atoms with Crippen LogP contribution in [-0.2, 0) is 23.0 Å². The second-order valence-electron chi connectivity index (χ2n) is 4.03. The van der Waals surface area contributed by atoms with Crippen LogP contribution in [0.5, 0.6) is 0 Å². The van der Waals surface area contributed by atoms with E-state index in [0.717, 1.165) is 25.2 Å². The highest BCUT2D eigenvalue weighted by atomic mass is 32.2. The van der Waals surface area contributed by atoms with Gasteiger partial charge < -0.3 is 5.32 Å². The highest BCUT2D eigenvalue weighted by molar-refractivity contribution is 7.93. The smallest absolute Gasteiger partial charge is 0.236 e. The van der Waals surface area contributed by atoms with E-state index in [1.165, 1.54) is 20.5 Å². The number of sulfonamides is 1. The Morgan fingerprint density at radius 3 is 3.00 bits per heavy atom. The Morgan fingerprint density at radius 1 is 1.44 bits per heavy atom. The molecule has 1 fully saturated rings. The molecule has 2 aliphatic rings. The van der Waals surface area contributed by atoms with E-state index in [-0.39, 0.29) is 5.75 Å². The van der Waals surface area contributed by atoms with Crippen LogP contribution in [0.3, 0.4) is 0 Å². The van der Waals surface area contributed by atoms with E-state index in [4.69, 9.17) is 0 Å². The molecule has 0 bridgehead atoms. The predicted octanol–water partition coefficient (Wildman–Crippen LogP) is 0.329. The summed E-state index contributed by atoms with van der Waals surface area (Å²) in [6.45, 7) is 2.34. The maximum absolute atomic E-state index is 11.8. The van der Waals surface area contributed by atoms with Crippen LogP contribution < -0.4 is 9.62 Å². The molecule has 0 atom stereocenters. The van der Waals surface area contributed by atoms with Gasteiger partial charge in [-0.1, -0.05) is 11.3 Å². The predicted molar refractivity (Wildman–Crippen MR) is 63.3 cm³/mol. The largest absolute Gasteiger partial charge is 0.311 e. The maximum atomic E-state index is 11.8. The monoisotopic (exact) mass is 259 g/mol. The van der Waals surface area contributed by atoms with E-state index < -0.39 is 10.0 Å². The Kier molecular flexibility index (Phi) is 2.41. The Hall–Kier alpha value is -0.660. The first kappa shape index (κ1) is 10.5. The van der Waals surface area contributed by atoms with Gasteiger partial charge in [-0.3, -0.25) is 0 Å².